The van der Waals surface area contributed by atoms with Gasteiger partial charge in [0.25, 0.3) is 5.69 Å². The van der Waals surface area contributed by atoms with Crippen LogP contribution in [-0.4, -0.2) is 36.5 Å². The minimum Gasteiger partial charge on any atom is -0.393 e. The predicted molar refractivity (Wildman–Crippen MR) is 73.8 cm³/mol. The molecule has 1 aromatic rings. The summed E-state index contributed by atoms with van der Waals surface area (Å²) in [6.07, 6.45) is 0.990. The zero-order valence-corrected chi connectivity index (χ0v) is 11.0. The molecule has 1 aromatic carbocycles. The summed E-state index contributed by atoms with van der Waals surface area (Å²) in [5, 5.41) is 13.9. The van der Waals surface area contributed by atoms with Gasteiger partial charge >= 0.3 is 0 Å². The fraction of sp³-hybridized carbons (Fsp3) is 0.500. The van der Waals surface area contributed by atoms with Crippen LogP contribution in [0.1, 0.15) is 13.3 Å². The van der Waals surface area contributed by atoms with Gasteiger partial charge in [-0.1, -0.05) is 0 Å². The van der Waals surface area contributed by atoms with E-state index < -0.39 is 4.92 Å². The van der Waals surface area contributed by atoms with Crippen LogP contribution in [0.4, 0.5) is 17.1 Å². The molecular weight excluding hydrogens is 232 g/mol. The summed E-state index contributed by atoms with van der Waals surface area (Å²) in [5.74, 6) is 0. The van der Waals surface area contributed by atoms with Gasteiger partial charge in [0.1, 0.15) is 5.69 Å². The lowest BCUT2D eigenvalue weighted by Gasteiger charge is -2.18. The summed E-state index contributed by atoms with van der Waals surface area (Å²) in [4.78, 5) is 12.3. The number of hydrogen-bond acceptors (Lipinski definition) is 5. The number of rotatable bonds is 6. The average molecular weight is 252 g/mol. The first-order chi connectivity index (χ1) is 8.40. The standard InChI is InChI=1S/C12H20N4O2/c1-9(6-7-15(2)3)14-10-4-5-12(16(17)18)11(13)8-10/h4-5,8-9,14H,6-7,13H2,1-3H3. The van der Waals surface area contributed by atoms with Crippen molar-refractivity contribution in [3.63, 3.8) is 0 Å². The summed E-state index contributed by atoms with van der Waals surface area (Å²) >= 11 is 0. The van der Waals surface area contributed by atoms with E-state index in [0.717, 1.165) is 18.7 Å². The fourth-order valence-electron chi connectivity index (χ4n) is 1.62. The van der Waals surface area contributed by atoms with Crippen molar-refractivity contribution in [1.29, 1.82) is 0 Å². The molecule has 0 aromatic heterocycles. The Morgan fingerprint density at radius 3 is 2.67 bits per heavy atom. The number of benzene rings is 1. The van der Waals surface area contributed by atoms with E-state index in [4.69, 9.17) is 5.73 Å². The number of nitro benzene ring substituents is 1. The van der Waals surface area contributed by atoms with Gasteiger partial charge in [-0.3, -0.25) is 10.1 Å². The molecule has 1 unspecified atom stereocenters. The lowest BCUT2D eigenvalue weighted by Crippen LogP contribution is -2.23. The monoisotopic (exact) mass is 252 g/mol. The van der Waals surface area contributed by atoms with E-state index in [1.807, 2.05) is 14.1 Å². The Balaban J connectivity index is 2.63. The highest BCUT2D eigenvalue weighted by atomic mass is 16.6. The van der Waals surface area contributed by atoms with Gasteiger partial charge in [0.2, 0.25) is 0 Å². The number of nitrogen functional groups attached to an aromatic ring is 1. The number of nitrogens with two attached hydrogens (primary N) is 1. The molecule has 18 heavy (non-hydrogen) atoms. The first-order valence-corrected chi connectivity index (χ1v) is 5.85. The van der Waals surface area contributed by atoms with E-state index in [1.54, 1.807) is 12.1 Å². The maximum absolute atomic E-state index is 10.6. The number of hydrogen-bond donors (Lipinski definition) is 2. The van der Waals surface area contributed by atoms with Gasteiger partial charge in [-0.15, -0.1) is 0 Å². The van der Waals surface area contributed by atoms with Gasteiger partial charge in [-0.05, 0) is 46.1 Å². The van der Waals surface area contributed by atoms with Crippen LogP contribution in [0.15, 0.2) is 18.2 Å². The Labute approximate surface area is 107 Å². The Kier molecular flexibility index (Phi) is 4.91. The van der Waals surface area contributed by atoms with Crippen LogP contribution in [0, 0.1) is 10.1 Å². The van der Waals surface area contributed by atoms with Crippen molar-refractivity contribution in [3.05, 3.63) is 28.3 Å². The van der Waals surface area contributed by atoms with E-state index >= 15 is 0 Å². The molecule has 0 saturated heterocycles. The quantitative estimate of drug-likeness (QED) is 0.459. The van der Waals surface area contributed by atoms with E-state index in [1.165, 1.54) is 6.07 Å². The summed E-state index contributed by atoms with van der Waals surface area (Å²) in [6, 6.07) is 5.00. The number of anilines is 2. The Hall–Kier alpha value is -1.82. The number of nitrogens with one attached hydrogen (secondary N) is 1. The van der Waals surface area contributed by atoms with Gasteiger partial charge in [0.05, 0.1) is 4.92 Å². The van der Waals surface area contributed by atoms with Crippen LogP contribution < -0.4 is 11.1 Å². The van der Waals surface area contributed by atoms with E-state index in [-0.39, 0.29) is 17.4 Å². The highest BCUT2D eigenvalue weighted by molar-refractivity contribution is 5.65. The molecule has 6 heteroatoms. The van der Waals surface area contributed by atoms with Gasteiger partial charge in [-0.2, -0.15) is 0 Å². The molecule has 100 valence electrons. The smallest absolute Gasteiger partial charge is 0.292 e. The molecular formula is C12H20N4O2. The molecule has 0 amide bonds. The van der Waals surface area contributed by atoms with Crippen molar-refractivity contribution >= 4 is 17.1 Å². The lowest BCUT2D eigenvalue weighted by atomic mass is 10.2. The second-order valence-corrected chi connectivity index (χ2v) is 4.67. The van der Waals surface area contributed by atoms with Gasteiger partial charge in [0, 0.05) is 17.8 Å². The first kappa shape index (κ1) is 14.2. The molecule has 0 aliphatic heterocycles. The molecule has 0 heterocycles. The number of nitrogens with zero attached hydrogens (tertiary/aromatic N) is 2. The minimum absolute atomic E-state index is 0.0542. The fourth-order valence-corrected chi connectivity index (χ4v) is 1.62. The van der Waals surface area contributed by atoms with Crippen molar-refractivity contribution in [2.45, 2.75) is 19.4 Å². The molecule has 0 aliphatic carbocycles. The van der Waals surface area contributed by atoms with Crippen LogP contribution in [-0.2, 0) is 0 Å². The molecule has 1 atom stereocenters. The van der Waals surface area contributed by atoms with E-state index in [9.17, 15) is 10.1 Å². The molecule has 0 fully saturated rings. The van der Waals surface area contributed by atoms with Gasteiger partial charge in [0.15, 0.2) is 0 Å². The van der Waals surface area contributed by atoms with Crippen molar-refractivity contribution in [2.24, 2.45) is 0 Å². The third kappa shape index (κ3) is 4.21. The van der Waals surface area contributed by atoms with Crippen molar-refractivity contribution in [2.75, 3.05) is 31.7 Å². The predicted octanol–water partition coefficient (Wildman–Crippen LogP) is 1.93. The summed E-state index contributed by atoms with van der Waals surface area (Å²) in [7, 11) is 4.05. The molecule has 1 rings (SSSR count). The normalized spacial score (nSPS) is 12.4. The largest absolute Gasteiger partial charge is 0.393 e. The lowest BCUT2D eigenvalue weighted by molar-refractivity contribution is -0.383. The molecule has 6 nitrogen and oxygen atoms in total. The Morgan fingerprint density at radius 1 is 1.50 bits per heavy atom. The maximum atomic E-state index is 10.6. The molecule has 0 saturated carbocycles. The SMILES string of the molecule is CC(CCN(C)C)Nc1ccc([N+](=O)[O-])c(N)c1. The molecule has 0 radical (unpaired) electrons. The van der Waals surface area contributed by atoms with Crippen LogP contribution in [0.5, 0.6) is 0 Å². The van der Waals surface area contributed by atoms with E-state index in [0.29, 0.717) is 0 Å². The zero-order valence-electron chi connectivity index (χ0n) is 11.0. The van der Waals surface area contributed by atoms with Crippen LogP contribution >= 0.6 is 0 Å². The Morgan fingerprint density at radius 2 is 2.17 bits per heavy atom. The van der Waals surface area contributed by atoms with Crippen molar-refractivity contribution < 1.29 is 4.92 Å². The molecule has 0 spiro atoms. The minimum atomic E-state index is -0.478. The third-order valence-corrected chi connectivity index (χ3v) is 2.65. The second kappa shape index (κ2) is 6.20. The highest BCUT2D eigenvalue weighted by Gasteiger charge is 2.11. The molecule has 0 bridgehead atoms. The number of nitro groups is 1. The topological polar surface area (TPSA) is 84.4 Å². The molecule has 0 aliphatic rings. The first-order valence-electron chi connectivity index (χ1n) is 5.85. The van der Waals surface area contributed by atoms with Gasteiger partial charge in [-0.25, -0.2) is 0 Å². The highest BCUT2D eigenvalue weighted by Crippen LogP contribution is 2.25. The van der Waals surface area contributed by atoms with Crippen LogP contribution in [0.25, 0.3) is 0 Å². The van der Waals surface area contributed by atoms with Gasteiger partial charge < -0.3 is 16.0 Å². The Bertz CT molecular complexity index is 421. The third-order valence-electron chi connectivity index (χ3n) is 2.65. The van der Waals surface area contributed by atoms with E-state index in [2.05, 4.69) is 17.1 Å². The van der Waals surface area contributed by atoms with Crippen LogP contribution in [0.3, 0.4) is 0 Å². The summed E-state index contributed by atoms with van der Waals surface area (Å²) in [5.41, 5.74) is 6.57. The molecule has 3 N–H and O–H groups in total. The zero-order chi connectivity index (χ0) is 13.7. The van der Waals surface area contributed by atoms with Crippen molar-refractivity contribution in [3.8, 4) is 0 Å². The maximum Gasteiger partial charge on any atom is 0.292 e. The average Bonchev–Trinajstić information content (AvgIpc) is 2.26. The van der Waals surface area contributed by atoms with Crippen molar-refractivity contribution in [1.82, 2.24) is 4.90 Å². The summed E-state index contributed by atoms with van der Waals surface area (Å²) in [6.45, 7) is 3.05. The summed E-state index contributed by atoms with van der Waals surface area (Å²) < 4.78 is 0. The van der Waals surface area contributed by atoms with Crippen LogP contribution in [0.2, 0.25) is 0 Å². The second-order valence-electron chi connectivity index (χ2n) is 4.67.